The lowest BCUT2D eigenvalue weighted by Crippen LogP contribution is -2.50. The molecule has 0 radical (unpaired) electrons. The van der Waals surface area contributed by atoms with E-state index in [9.17, 15) is 9.59 Å². The lowest BCUT2D eigenvalue weighted by atomic mass is 10.1. The lowest BCUT2D eigenvalue weighted by Gasteiger charge is -2.34. The third-order valence-electron chi connectivity index (χ3n) is 5.52. The summed E-state index contributed by atoms with van der Waals surface area (Å²) in [6.07, 6.45) is 0. The molecule has 1 N–H and O–H groups in total. The van der Waals surface area contributed by atoms with Gasteiger partial charge < -0.3 is 19.4 Å². The van der Waals surface area contributed by atoms with Crippen molar-refractivity contribution < 1.29 is 18.7 Å². The van der Waals surface area contributed by atoms with E-state index in [1.807, 2.05) is 48.2 Å². The van der Waals surface area contributed by atoms with E-state index in [2.05, 4.69) is 5.32 Å². The molecule has 2 aromatic carbocycles. The van der Waals surface area contributed by atoms with Gasteiger partial charge in [-0.2, -0.15) is 0 Å². The first-order valence-corrected chi connectivity index (χ1v) is 11.1. The quantitative estimate of drug-likeness (QED) is 0.582. The van der Waals surface area contributed by atoms with Crippen LogP contribution in [0.2, 0.25) is 5.02 Å². The van der Waals surface area contributed by atoms with Crippen molar-refractivity contribution in [2.75, 3.05) is 44.6 Å². The highest BCUT2D eigenvalue weighted by Gasteiger charge is 2.28. The number of anilines is 1. The number of para-hydroxylation sites is 2. The highest BCUT2D eigenvalue weighted by molar-refractivity contribution is 6.33. The number of amides is 2. The molecule has 2 amide bonds. The van der Waals surface area contributed by atoms with E-state index < -0.39 is 0 Å². The van der Waals surface area contributed by atoms with Crippen LogP contribution in [0, 0.1) is 0 Å². The van der Waals surface area contributed by atoms with Crippen LogP contribution in [-0.2, 0) is 16.1 Å². The van der Waals surface area contributed by atoms with Crippen LogP contribution in [0.4, 0.5) is 5.69 Å². The molecule has 0 spiro atoms. The number of carbonyl (C=O) groups is 2. The second kappa shape index (κ2) is 10.2. The van der Waals surface area contributed by atoms with Crippen molar-refractivity contribution in [3.05, 3.63) is 64.9 Å². The van der Waals surface area contributed by atoms with Gasteiger partial charge in [-0.15, -0.1) is 0 Å². The van der Waals surface area contributed by atoms with Crippen molar-refractivity contribution in [1.82, 2.24) is 9.80 Å². The molecule has 32 heavy (non-hydrogen) atoms. The van der Waals surface area contributed by atoms with Gasteiger partial charge in [0.25, 0.3) is 5.91 Å². The first-order chi connectivity index (χ1) is 15.6. The lowest BCUT2D eigenvalue weighted by molar-refractivity contribution is -0.117. The summed E-state index contributed by atoms with van der Waals surface area (Å²) >= 11 is 6.11. The van der Waals surface area contributed by atoms with Gasteiger partial charge >= 0.3 is 0 Å². The molecule has 4 rings (SSSR count). The summed E-state index contributed by atoms with van der Waals surface area (Å²) in [4.78, 5) is 29.4. The summed E-state index contributed by atoms with van der Waals surface area (Å²) in [5, 5.41) is 4.24. The number of hydrogen-bond acceptors (Lipinski definition) is 5. The van der Waals surface area contributed by atoms with Crippen LogP contribution in [0.1, 0.15) is 23.0 Å². The van der Waals surface area contributed by atoms with Gasteiger partial charge in [-0.1, -0.05) is 41.9 Å². The Balaban J connectivity index is 1.37. The SMILES string of the molecule is CCOCc1c(C(=O)N2CCN(CC(=O)Nc3ccccc3Cl)CC2)oc2ccccc12. The molecule has 7 nitrogen and oxygen atoms in total. The maximum Gasteiger partial charge on any atom is 0.290 e. The van der Waals surface area contributed by atoms with Gasteiger partial charge in [0.15, 0.2) is 5.76 Å². The van der Waals surface area contributed by atoms with E-state index in [1.54, 1.807) is 17.0 Å². The molecule has 1 aliphatic heterocycles. The van der Waals surface area contributed by atoms with E-state index in [4.69, 9.17) is 20.8 Å². The van der Waals surface area contributed by atoms with Crippen LogP contribution >= 0.6 is 11.6 Å². The van der Waals surface area contributed by atoms with Crippen LogP contribution < -0.4 is 5.32 Å². The van der Waals surface area contributed by atoms with E-state index in [-0.39, 0.29) is 18.4 Å². The average Bonchev–Trinajstić information content (AvgIpc) is 3.18. The highest BCUT2D eigenvalue weighted by Crippen LogP contribution is 2.28. The monoisotopic (exact) mass is 455 g/mol. The number of halogens is 1. The second-order valence-electron chi connectivity index (χ2n) is 7.64. The number of carbonyl (C=O) groups excluding carboxylic acids is 2. The normalized spacial score (nSPS) is 14.6. The molecular formula is C24H26ClN3O4. The Morgan fingerprint density at radius 2 is 1.78 bits per heavy atom. The third-order valence-corrected chi connectivity index (χ3v) is 5.85. The molecule has 168 valence electrons. The Morgan fingerprint density at radius 3 is 2.53 bits per heavy atom. The second-order valence-corrected chi connectivity index (χ2v) is 8.05. The van der Waals surface area contributed by atoms with Gasteiger partial charge in [0.1, 0.15) is 5.58 Å². The van der Waals surface area contributed by atoms with E-state index in [0.29, 0.717) is 61.4 Å². The molecule has 0 atom stereocenters. The maximum absolute atomic E-state index is 13.2. The van der Waals surface area contributed by atoms with Crippen molar-refractivity contribution >= 4 is 40.1 Å². The van der Waals surface area contributed by atoms with Gasteiger partial charge in [0.05, 0.1) is 23.9 Å². The minimum Gasteiger partial charge on any atom is -0.451 e. The number of ether oxygens (including phenoxy) is 1. The molecule has 1 aliphatic rings. The molecule has 0 bridgehead atoms. The Labute approximate surface area is 191 Å². The Morgan fingerprint density at radius 1 is 1.06 bits per heavy atom. The summed E-state index contributed by atoms with van der Waals surface area (Å²) in [5.41, 5.74) is 2.06. The Hall–Kier alpha value is -2.87. The fourth-order valence-corrected chi connectivity index (χ4v) is 4.01. The van der Waals surface area contributed by atoms with E-state index >= 15 is 0 Å². The molecule has 1 aromatic heterocycles. The van der Waals surface area contributed by atoms with Crippen LogP contribution in [-0.4, -0.2) is 60.9 Å². The summed E-state index contributed by atoms with van der Waals surface area (Å²) in [7, 11) is 0. The number of hydrogen-bond donors (Lipinski definition) is 1. The molecule has 1 fully saturated rings. The summed E-state index contributed by atoms with van der Waals surface area (Å²) in [5.74, 6) is 0.0646. The largest absolute Gasteiger partial charge is 0.451 e. The number of nitrogens with zero attached hydrogens (tertiary/aromatic N) is 2. The van der Waals surface area contributed by atoms with Gasteiger partial charge in [-0.3, -0.25) is 14.5 Å². The van der Waals surface area contributed by atoms with Crippen LogP contribution in [0.5, 0.6) is 0 Å². The summed E-state index contributed by atoms with van der Waals surface area (Å²) < 4.78 is 11.5. The number of furan rings is 1. The van der Waals surface area contributed by atoms with Crippen molar-refractivity contribution in [2.45, 2.75) is 13.5 Å². The van der Waals surface area contributed by atoms with Crippen molar-refractivity contribution in [1.29, 1.82) is 0 Å². The smallest absolute Gasteiger partial charge is 0.290 e. The minimum atomic E-state index is -0.143. The molecule has 1 saturated heterocycles. The molecule has 8 heteroatoms. The number of fused-ring (bicyclic) bond motifs is 1. The number of piperazine rings is 1. The standard InChI is InChI=1S/C24H26ClN3O4/c1-2-31-16-18-17-7-3-6-10-21(17)32-23(18)24(30)28-13-11-27(12-14-28)15-22(29)26-20-9-5-4-8-19(20)25/h3-10H,2,11-16H2,1H3,(H,26,29). The first-order valence-electron chi connectivity index (χ1n) is 10.7. The average molecular weight is 456 g/mol. The first kappa shape index (κ1) is 22.3. The Kier molecular flexibility index (Phi) is 7.09. The summed E-state index contributed by atoms with van der Waals surface area (Å²) in [6, 6.07) is 14.8. The fraction of sp³-hybridized carbons (Fsp3) is 0.333. The van der Waals surface area contributed by atoms with Crippen LogP contribution in [0.25, 0.3) is 11.0 Å². The van der Waals surface area contributed by atoms with Gasteiger partial charge in [0, 0.05) is 43.7 Å². The van der Waals surface area contributed by atoms with Gasteiger partial charge in [0.2, 0.25) is 5.91 Å². The Bertz CT molecular complexity index is 1110. The molecule has 0 saturated carbocycles. The molecule has 0 unspecified atom stereocenters. The molecule has 3 aromatic rings. The predicted octanol–water partition coefficient (Wildman–Crippen LogP) is 4.02. The zero-order valence-corrected chi connectivity index (χ0v) is 18.7. The van der Waals surface area contributed by atoms with Crippen molar-refractivity contribution in [3.8, 4) is 0 Å². The van der Waals surface area contributed by atoms with E-state index in [1.165, 1.54) is 0 Å². The minimum absolute atomic E-state index is 0.130. The summed E-state index contributed by atoms with van der Waals surface area (Å²) in [6.45, 7) is 5.29. The highest BCUT2D eigenvalue weighted by atomic mass is 35.5. The maximum atomic E-state index is 13.2. The predicted molar refractivity (Wildman–Crippen MR) is 124 cm³/mol. The van der Waals surface area contributed by atoms with Crippen molar-refractivity contribution in [3.63, 3.8) is 0 Å². The van der Waals surface area contributed by atoms with Gasteiger partial charge in [-0.25, -0.2) is 0 Å². The van der Waals surface area contributed by atoms with Crippen LogP contribution in [0.15, 0.2) is 52.9 Å². The number of rotatable bonds is 7. The zero-order valence-electron chi connectivity index (χ0n) is 18.0. The van der Waals surface area contributed by atoms with Gasteiger partial charge in [-0.05, 0) is 25.1 Å². The molecule has 0 aliphatic carbocycles. The number of benzene rings is 2. The van der Waals surface area contributed by atoms with E-state index in [0.717, 1.165) is 10.9 Å². The van der Waals surface area contributed by atoms with Crippen LogP contribution in [0.3, 0.4) is 0 Å². The molecule has 2 heterocycles. The number of nitrogens with one attached hydrogen (secondary N) is 1. The van der Waals surface area contributed by atoms with Crippen molar-refractivity contribution in [2.24, 2.45) is 0 Å². The fourth-order valence-electron chi connectivity index (χ4n) is 3.83. The zero-order chi connectivity index (χ0) is 22.5. The topological polar surface area (TPSA) is 75.0 Å². The third kappa shape index (κ3) is 4.96. The molecular weight excluding hydrogens is 430 g/mol.